The van der Waals surface area contributed by atoms with Crippen molar-refractivity contribution in [3.05, 3.63) is 16.1 Å². The lowest BCUT2D eigenvalue weighted by molar-refractivity contribution is 0.179. The third-order valence-electron chi connectivity index (χ3n) is 3.45. The monoisotopic (exact) mass is 267 g/mol. The molecular formula is C14H25N3S. The van der Waals surface area contributed by atoms with Crippen LogP contribution in [0, 0.1) is 12.8 Å². The Labute approximate surface area is 115 Å². The molecule has 18 heavy (non-hydrogen) atoms. The minimum atomic E-state index is 0.676. The Morgan fingerprint density at radius 1 is 1.44 bits per heavy atom. The minimum Gasteiger partial charge on any atom is -0.308 e. The summed E-state index contributed by atoms with van der Waals surface area (Å²) >= 11 is 1.74. The van der Waals surface area contributed by atoms with Crippen molar-refractivity contribution in [2.75, 3.05) is 19.6 Å². The van der Waals surface area contributed by atoms with E-state index < -0.39 is 0 Å². The first-order valence-electron chi connectivity index (χ1n) is 7.00. The van der Waals surface area contributed by atoms with E-state index in [1.807, 2.05) is 0 Å². The van der Waals surface area contributed by atoms with E-state index in [0.717, 1.165) is 12.5 Å². The summed E-state index contributed by atoms with van der Waals surface area (Å²) in [5.41, 5.74) is 1.20. The van der Waals surface area contributed by atoms with Crippen LogP contribution in [0.5, 0.6) is 0 Å². The van der Waals surface area contributed by atoms with Crippen molar-refractivity contribution >= 4 is 11.3 Å². The highest BCUT2D eigenvalue weighted by Gasteiger charge is 2.19. The Morgan fingerprint density at radius 3 is 2.72 bits per heavy atom. The van der Waals surface area contributed by atoms with Crippen LogP contribution in [-0.4, -0.2) is 35.6 Å². The summed E-state index contributed by atoms with van der Waals surface area (Å²) in [7, 11) is 0. The zero-order valence-corrected chi connectivity index (χ0v) is 12.6. The van der Waals surface area contributed by atoms with Crippen LogP contribution in [0.1, 0.15) is 37.4 Å². The first-order valence-corrected chi connectivity index (χ1v) is 7.88. The van der Waals surface area contributed by atoms with Gasteiger partial charge in [-0.05, 0) is 38.8 Å². The van der Waals surface area contributed by atoms with Crippen LogP contribution in [0.15, 0.2) is 5.38 Å². The quantitative estimate of drug-likeness (QED) is 0.889. The van der Waals surface area contributed by atoms with E-state index in [0.29, 0.717) is 6.04 Å². The van der Waals surface area contributed by atoms with Gasteiger partial charge in [-0.3, -0.25) is 0 Å². The lowest BCUT2D eigenvalue weighted by Crippen LogP contribution is -2.43. The topological polar surface area (TPSA) is 28.2 Å². The zero-order valence-electron chi connectivity index (χ0n) is 11.8. The van der Waals surface area contributed by atoms with Crippen molar-refractivity contribution in [2.24, 2.45) is 5.92 Å². The Morgan fingerprint density at radius 2 is 2.17 bits per heavy atom. The highest BCUT2D eigenvalue weighted by molar-refractivity contribution is 7.09. The number of thiazole rings is 1. The Bertz CT molecular complexity index is 354. The maximum Gasteiger partial charge on any atom is 0.0897 e. The van der Waals surface area contributed by atoms with Crippen molar-refractivity contribution in [3.8, 4) is 0 Å². The molecule has 1 saturated heterocycles. The lowest BCUT2D eigenvalue weighted by atomic mass is 10.0. The predicted molar refractivity (Wildman–Crippen MR) is 78.0 cm³/mol. The molecule has 0 atom stereocenters. The summed E-state index contributed by atoms with van der Waals surface area (Å²) in [5, 5.41) is 6.97. The molecule has 1 aromatic heterocycles. The summed E-state index contributed by atoms with van der Waals surface area (Å²) in [6.45, 7) is 11.3. The van der Waals surface area contributed by atoms with Crippen LogP contribution in [-0.2, 0) is 6.54 Å². The van der Waals surface area contributed by atoms with Crippen LogP contribution in [0.4, 0.5) is 0 Å². The normalized spacial score (nSPS) is 18.7. The van der Waals surface area contributed by atoms with Crippen LogP contribution in [0.2, 0.25) is 0 Å². The standard InChI is InChI=1S/C14H25N3S/c1-11(2)9-17-6-4-13(5-7-17)15-8-14-10-18-12(3)16-14/h10-11,13,15H,4-9H2,1-3H3. The molecule has 1 fully saturated rings. The van der Waals surface area contributed by atoms with E-state index in [4.69, 9.17) is 0 Å². The number of rotatable bonds is 5. The molecule has 0 aromatic carbocycles. The van der Waals surface area contributed by atoms with Crippen LogP contribution in [0.25, 0.3) is 0 Å². The third kappa shape index (κ3) is 4.34. The number of aromatic nitrogens is 1. The lowest BCUT2D eigenvalue weighted by Gasteiger charge is -2.33. The summed E-state index contributed by atoms with van der Waals surface area (Å²) in [6, 6.07) is 0.676. The maximum absolute atomic E-state index is 4.49. The van der Waals surface area contributed by atoms with Gasteiger partial charge in [0.25, 0.3) is 0 Å². The molecule has 0 unspecified atom stereocenters. The largest absolute Gasteiger partial charge is 0.308 e. The summed E-state index contributed by atoms with van der Waals surface area (Å²) < 4.78 is 0. The molecule has 3 nitrogen and oxygen atoms in total. The molecule has 1 N–H and O–H groups in total. The number of hydrogen-bond acceptors (Lipinski definition) is 4. The zero-order chi connectivity index (χ0) is 13.0. The molecule has 0 bridgehead atoms. The van der Waals surface area contributed by atoms with E-state index >= 15 is 0 Å². The molecule has 2 rings (SSSR count). The van der Waals surface area contributed by atoms with Crippen LogP contribution in [0.3, 0.4) is 0 Å². The fourth-order valence-corrected chi connectivity index (χ4v) is 3.19. The molecular weight excluding hydrogens is 242 g/mol. The van der Waals surface area contributed by atoms with E-state index in [1.54, 1.807) is 11.3 Å². The SMILES string of the molecule is Cc1nc(CNC2CCN(CC(C)C)CC2)cs1. The van der Waals surface area contributed by atoms with Crippen molar-refractivity contribution in [1.29, 1.82) is 0 Å². The first kappa shape index (κ1) is 14.0. The van der Waals surface area contributed by atoms with Crippen molar-refractivity contribution < 1.29 is 0 Å². The Hall–Kier alpha value is -0.450. The number of nitrogens with zero attached hydrogens (tertiary/aromatic N) is 2. The molecule has 1 aliphatic rings. The first-order chi connectivity index (χ1) is 8.63. The molecule has 1 aromatic rings. The molecule has 1 aliphatic heterocycles. The average Bonchev–Trinajstić information content (AvgIpc) is 2.74. The van der Waals surface area contributed by atoms with Gasteiger partial charge < -0.3 is 10.2 Å². The summed E-state index contributed by atoms with van der Waals surface area (Å²) in [4.78, 5) is 7.09. The second-order valence-corrected chi connectivity index (χ2v) is 6.77. The number of likely N-dealkylation sites (tertiary alicyclic amines) is 1. The molecule has 102 valence electrons. The van der Waals surface area contributed by atoms with Gasteiger partial charge in [-0.15, -0.1) is 11.3 Å². The van der Waals surface area contributed by atoms with Crippen molar-refractivity contribution in [2.45, 2.75) is 46.2 Å². The minimum absolute atomic E-state index is 0.676. The van der Waals surface area contributed by atoms with Gasteiger partial charge in [-0.2, -0.15) is 0 Å². The fraction of sp³-hybridized carbons (Fsp3) is 0.786. The second-order valence-electron chi connectivity index (χ2n) is 5.71. The van der Waals surface area contributed by atoms with Gasteiger partial charge in [0.1, 0.15) is 0 Å². The number of aryl methyl sites for hydroxylation is 1. The molecule has 2 heterocycles. The van der Waals surface area contributed by atoms with Gasteiger partial charge in [0.2, 0.25) is 0 Å². The summed E-state index contributed by atoms with van der Waals surface area (Å²) in [6.07, 6.45) is 2.55. The van der Waals surface area contributed by atoms with Gasteiger partial charge >= 0.3 is 0 Å². The van der Waals surface area contributed by atoms with E-state index in [2.05, 4.69) is 41.4 Å². The molecule has 0 radical (unpaired) electrons. The van der Waals surface area contributed by atoms with Crippen LogP contribution >= 0.6 is 11.3 Å². The number of hydrogen-bond donors (Lipinski definition) is 1. The van der Waals surface area contributed by atoms with Gasteiger partial charge in [0.15, 0.2) is 0 Å². The predicted octanol–water partition coefficient (Wildman–Crippen LogP) is 2.66. The van der Waals surface area contributed by atoms with Gasteiger partial charge in [0.05, 0.1) is 10.7 Å². The van der Waals surface area contributed by atoms with Gasteiger partial charge in [0, 0.05) is 24.5 Å². The van der Waals surface area contributed by atoms with Crippen molar-refractivity contribution in [3.63, 3.8) is 0 Å². The Kier molecular flexibility index (Phi) is 5.15. The Balaban J connectivity index is 1.67. The summed E-state index contributed by atoms with van der Waals surface area (Å²) in [5.74, 6) is 0.785. The van der Waals surface area contributed by atoms with E-state index in [1.165, 1.54) is 43.2 Å². The average molecular weight is 267 g/mol. The third-order valence-corrected chi connectivity index (χ3v) is 4.27. The smallest absolute Gasteiger partial charge is 0.0897 e. The van der Waals surface area contributed by atoms with E-state index in [9.17, 15) is 0 Å². The van der Waals surface area contributed by atoms with Gasteiger partial charge in [-0.25, -0.2) is 4.98 Å². The molecule has 0 saturated carbocycles. The van der Waals surface area contributed by atoms with Gasteiger partial charge in [-0.1, -0.05) is 13.8 Å². The molecule has 0 aliphatic carbocycles. The maximum atomic E-state index is 4.49. The highest BCUT2D eigenvalue weighted by Crippen LogP contribution is 2.13. The van der Waals surface area contributed by atoms with Crippen LogP contribution < -0.4 is 5.32 Å². The second kappa shape index (κ2) is 6.64. The van der Waals surface area contributed by atoms with E-state index in [-0.39, 0.29) is 0 Å². The highest BCUT2D eigenvalue weighted by atomic mass is 32.1. The number of nitrogens with one attached hydrogen (secondary N) is 1. The number of piperidine rings is 1. The molecule has 0 amide bonds. The molecule has 4 heteroatoms. The molecule has 0 spiro atoms. The van der Waals surface area contributed by atoms with Crippen molar-refractivity contribution in [1.82, 2.24) is 15.2 Å². The fourth-order valence-electron chi connectivity index (χ4n) is 2.57.